The zero-order valence-electron chi connectivity index (χ0n) is 25.1. The number of benzene rings is 3. The van der Waals surface area contributed by atoms with Crippen molar-refractivity contribution in [3.63, 3.8) is 0 Å². The third-order valence-electron chi connectivity index (χ3n) is 7.07. The van der Waals surface area contributed by atoms with Crippen LogP contribution in [-0.4, -0.2) is 44.3 Å². The molecule has 0 spiro atoms. The third kappa shape index (κ3) is 8.43. The molecule has 3 aromatic rings. The molecule has 1 N–H and O–H groups in total. The van der Waals surface area contributed by atoms with Crippen molar-refractivity contribution in [2.45, 2.75) is 78.3 Å². The zero-order valence-corrected chi connectivity index (χ0v) is 25.9. The van der Waals surface area contributed by atoms with Crippen LogP contribution in [0.2, 0.25) is 0 Å². The maximum absolute atomic E-state index is 14.2. The third-order valence-corrected chi connectivity index (χ3v) is 8.86. The molecule has 0 fully saturated rings. The lowest BCUT2D eigenvalue weighted by molar-refractivity contribution is -0.140. The number of aryl methyl sites for hydroxylation is 4. The fraction of sp³-hybridized carbons (Fsp3) is 0.394. The normalized spacial score (nSPS) is 12.0. The van der Waals surface area contributed by atoms with Crippen molar-refractivity contribution in [3.8, 4) is 0 Å². The summed E-state index contributed by atoms with van der Waals surface area (Å²) in [6, 6.07) is 19.1. The number of hydrogen-bond acceptors (Lipinski definition) is 4. The van der Waals surface area contributed by atoms with Crippen molar-refractivity contribution in [3.05, 3.63) is 94.5 Å². The Morgan fingerprint density at radius 3 is 1.90 bits per heavy atom. The predicted molar refractivity (Wildman–Crippen MR) is 165 cm³/mol. The summed E-state index contributed by atoms with van der Waals surface area (Å²) in [5, 5.41) is 2.96. The van der Waals surface area contributed by atoms with Crippen molar-refractivity contribution in [1.29, 1.82) is 0 Å². The highest BCUT2D eigenvalue weighted by atomic mass is 32.2. The molecule has 7 nitrogen and oxygen atoms in total. The molecule has 220 valence electrons. The summed E-state index contributed by atoms with van der Waals surface area (Å²) in [7, 11) is -4.10. The molecule has 0 aliphatic carbocycles. The van der Waals surface area contributed by atoms with Gasteiger partial charge in [0, 0.05) is 13.1 Å². The fourth-order valence-electron chi connectivity index (χ4n) is 4.78. The van der Waals surface area contributed by atoms with Crippen LogP contribution in [0.5, 0.6) is 0 Å². The minimum Gasteiger partial charge on any atom is -0.354 e. The Morgan fingerprint density at radius 1 is 0.805 bits per heavy atom. The van der Waals surface area contributed by atoms with Gasteiger partial charge in [0.15, 0.2) is 0 Å². The summed E-state index contributed by atoms with van der Waals surface area (Å²) < 4.78 is 29.3. The van der Waals surface area contributed by atoms with Crippen LogP contribution in [0.1, 0.15) is 60.9 Å². The zero-order chi connectivity index (χ0) is 30.2. The molecule has 0 heterocycles. The lowest BCUT2D eigenvalue weighted by atomic mass is 10.1. The van der Waals surface area contributed by atoms with E-state index in [1.54, 1.807) is 36.4 Å². The molecule has 3 rings (SSSR count). The van der Waals surface area contributed by atoms with Gasteiger partial charge in [-0.1, -0.05) is 73.9 Å². The van der Waals surface area contributed by atoms with Crippen LogP contribution in [0.15, 0.2) is 71.6 Å². The highest BCUT2D eigenvalue weighted by Gasteiger charge is 2.33. The summed E-state index contributed by atoms with van der Waals surface area (Å²) >= 11 is 0. The molecule has 2 amide bonds. The topological polar surface area (TPSA) is 86.8 Å². The molecule has 0 saturated carbocycles. The Bertz CT molecular complexity index is 1410. The maximum Gasteiger partial charge on any atom is 0.264 e. The Morgan fingerprint density at radius 2 is 1.37 bits per heavy atom. The van der Waals surface area contributed by atoms with Gasteiger partial charge in [0.2, 0.25) is 11.8 Å². The minimum atomic E-state index is -4.10. The largest absolute Gasteiger partial charge is 0.354 e. The molecule has 0 aliphatic rings. The van der Waals surface area contributed by atoms with Crippen LogP contribution in [0.25, 0.3) is 0 Å². The van der Waals surface area contributed by atoms with Gasteiger partial charge in [-0.3, -0.25) is 13.9 Å². The molecule has 0 aliphatic heterocycles. The Hall–Kier alpha value is -3.65. The van der Waals surface area contributed by atoms with Gasteiger partial charge in [-0.25, -0.2) is 8.42 Å². The van der Waals surface area contributed by atoms with E-state index in [1.807, 2.05) is 71.9 Å². The second-order valence-electron chi connectivity index (χ2n) is 10.7. The van der Waals surface area contributed by atoms with Gasteiger partial charge in [0.05, 0.1) is 10.6 Å². The van der Waals surface area contributed by atoms with E-state index in [-0.39, 0.29) is 17.3 Å². The molecule has 0 aromatic heterocycles. The van der Waals surface area contributed by atoms with E-state index in [1.165, 1.54) is 9.21 Å². The van der Waals surface area contributed by atoms with Crippen LogP contribution >= 0.6 is 0 Å². The number of carbonyl (C=O) groups excluding carboxylic acids is 2. The van der Waals surface area contributed by atoms with E-state index >= 15 is 0 Å². The van der Waals surface area contributed by atoms with Gasteiger partial charge in [-0.05, 0) is 81.5 Å². The number of unbranched alkanes of at least 4 members (excludes halogenated alkanes) is 1. The van der Waals surface area contributed by atoms with Gasteiger partial charge in [-0.2, -0.15) is 0 Å². The molecule has 0 unspecified atom stereocenters. The average molecular weight is 578 g/mol. The first-order valence-electron chi connectivity index (χ1n) is 14.3. The van der Waals surface area contributed by atoms with E-state index in [0.29, 0.717) is 18.7 Å². The number of nitrogens with one attached hydrogen (secondary N) is 1. The quantitative estimate of drug-likeness (QED) is 0.259. The molecule has 0 saturated heterocycles. The first kappa shape index (κ1) is 31.9. The van der Waals surface area contributed by atoms with E-state index < -0.39 is 28.5 Å². The van der Waals surface area contributed by atoms with Crippen LogP contribution in [0.3, 0.4) is 0 Å². The fourth-order valence-corrected chi connectivity index (χ4v) is 6.17. The summed E-state index contributed by atoms with van der Waals surface area (Å²) in [6.07, 6.45) is 2.16. The van der Waals surface area contributed by atoms with Gasteiger partial charge in [0.1, 0.15) is 12.6 Å². The first-order valence-corrected chi connectivity index (χ1v) is 15.7. The van der Waals surface area contributed by atoms with Crippen molar-refractivity contribution >= 4 is 27.5 Å². The molecule has 8 heteroatoms. The summed E-state index contributed by atoms with van der Waals surface area (Å²) in [5.41, 5.74) is 5.06. The van der Waals surface area contributed by atoms with Gasteiger partial charge < -0.3 is 10.2 Å². The smallest absolute Gasteiger partial charge is 0.264 e. The standard InChI is InChI=1S/C33H43N3O4S/c1-7-9-18-34-33(38)31(8-2)35(22-28-14-10-24(3)11-15-28)32(37)23-36(29-20-26(5)19-27(6)21-29)41(39,40)30-16-12-25(4)13-17-30/h10-17,19-21,31H,7-9,18,22-23H2,1-6H3,(H,34,38)/t31-/m1/s1. The summed E-state index contributed by atoms with van der Waals surface area (Å²) in [5.74, 6) is -0.682. The first-order chi connectivity index (χ1) is 19.5. The number of anilines is 1. The average Bonchev–Trinajstić information content (AvgIpc) is 2.92. The Kier molecular flexibility index (Phi) is 11.1. The summed E-state index contributed by atoms with van der Waals surface area (Å²) in [4.78, 5) is 29.1. The second-order valence-corrected chi connectivity index (χ2v) is 12.6. The monoisotopic (exact) mass is 577 g/mol. The number of carbonyl (C=O) groups is 2. The van der Waals surface area contributed by atoms with Crippen molar-refractivity contribution < 1.29 is 18.0 Å². The van der Waals surface area contributed by atoms with E-state index in [2.05, 4.69) is 5.32 Å². The molecule has 0 bridgehead atoms. The highest BCUT2D eigenvalue weighted by Crippen LogP contribution is 2.27. The molecule has 1 atom stereocenters. The van der Waals surface area contributed by atoms with Gasteiger partial charge in [-0.15, -0.1) is 0 Å². The lowest BCUT2D eigenvalue weighted by Gasteiger charge is -2.33. The van der Waals surface area contributed by atoms with Crippen LogP contribution in [-0.2, 0) is 26.2 Å². The second kappa shape index (κ2) is 14.3. The van der Waals surface area contributed by atoms with Gasteiger partial charge >= 0.3 is 0 Å². The number of nitrogens with zero attached hydrogens (tertiary/aromatic N) is 2. The van der Waals surface area contributed by atoms with E-state index in [4.69, 9.17) is 0 Å². The Labute approximate surface area is 245 Å². The molecular weight excluding hydrogens is 534 g/mol. The van der Waals surface area contributed by atoms with Crippen molar-refractivity contribution in [2.24, 2.45) is 0 Å². The number of sulfonamides is 1. The Balaban J connectivity index is 2.06. The van der Waals surface area contributed by atoms with Crippen molar-refractivity contribution in [2.75, 3.05) is 17.4 Å². The highest BCUT2D eigenvalue weighted by molar-refractivity contribution is 7.92. The summed E-state index contributed by atoms with van der Waals surface area (Å²) in [6.45, 7) is 11.8. The number of amides is 2. The van der Waals surface area contributed by atoms with E-state index in [9.17, 15) is 18.0 Å². The molecule has 41 heavy (non-hydrogen) atoms. The van der Waals surface area contributed by atoms with E-state index in [0.717, 1.165) is 40.7 Å². The van der Waals surface area contributed by atoms with Crippen LogP contribution in [0, 0.1) is 27.7 Å². The molecular formula is C33H43N3O4S. The minimum absolute atomic E-state index is 0.101. The number of rotatable bonds is 13. The SMILES string of the molecule is CCCCNC(=O)[C@@H](CC)N(Cc1ccc(C)cc1)C(=O)CN(c1cc(C)cc(C)c1)S(=O)(=O)c1ccc(C)cc1. The van der Waals surface area contributed by atoms with Crippen molar-refractivity contribution in [1.82, 2.24) is 10.2 Å². The molecule has 3 aromatic carbocycles. The lowest BCUT2D eigenvalue weighted by Crippen LogP contribution is -2.52. The van der Waals surface area contributed by atoms with Gasteiger partial charge in [0.25, 0.3) is 10.0 Å². The van der Waals surface area contributed by atoms with Crippen LogP contribution in [0.4, 0.5) is 5.69 Å². The van der Waals surface area contributed by atoms with Crippen LogP contribution < -0.4 is 9.62 Å². The number of hydrogen-bond donors (Lipinski definition) is 1. The maximum atomic E-state index is 14.2. The predicted octanol–water partition coefficient (Wildman–Crippen LogP) is 5.84. The molecule has 0 radical (unpaired) electrons.